The summed E-state index contributed by atoms with van der Waals surface area (Å²) in [7, 11) is 0. The molecule has 0 atom stereocenters. The predicted octanol–water partition coefficient (Wildman–Crippen LogP) is 5.25. The molecule has 4 aromatic rings. The fourth-order valence-electron chi connectivity index (χ4n) is 2.70. The number of amides is 1. The van der Waals surface area contributed by atoms with Crippen molar-refractivity contribution >= 4 is 22.4 Å². The summed E-state index contributed by atoms with van der Waals surface area (Å²) in [5.74, 6) is 1.58. The minimum atomic E-state index is -0.499. The lowest BCUT2D eigenvalue weighted by atomic mass is 10.1. The van der Waals surface area contributed by atoms with Crippen molar-refractivity contribution in [2.45, 2.75) is 6.92 Å². The van der Waals surface area contributed by atoms with E-state index in [2.05, 4.69) is 27.1 Å². The molecule has 0 bridgehead atoms. The van der Waals surface area contributed by atoms with Crippen LogP contribution in [0.4, 0.5) is 9.52 Å². The van der Waals surface area contributed by atoms with Crippen LogP contribution in [0.3, 0.4) is 0 Å². The fourth-order valence-corrected chi connectivity index (χ4v) is 3.24. The Labute approximate surface area is 186 Å². The molecule has 1 amide bonds. The van der Waals surface area contributed by atoms with Gasteiger partial charge in [-0.25, -0.2) is 4.98 Å². The maximum atomic E-state index is 13.2. The molecular formula is C22H17FN4O4S. The first kappa shape index (κ1) is 21.2. The summed E-state index contributed by atoms with van der Waals surface area (Å²) in [4.78, 5) is 16.6. The van der Waals surface area contributed by atoms with E-state index in [4.69, 9.17) is 13.9 Å². The van der Waals surface area contributed by atoms with E-state index >= 15 is 0 Å². The molecule has 0 fully saturated rings. The van der Waals surface area contributed by atoms with Crippen LogP contribution in [0.5, 0.6) is 17.2 Å². The largest absolute Gasteiger partial charge is 0.489 e. The number of hydrogen-bond donors (Lipinski definition) is 1. The van der Waals surface area contributed by atoms with Crippen LogP contribution >= 0.6 is 11.3 Å². The highest BCUT2D eigenvalue weighted by Gasteiger charge is 2.17. The number of hydrogen-bond acceptors (Lipinski definition) is 8. The highest BCUT2D eigenvalue weighted by atomic mass is 32.1. The average molecular weight is 452 g/mol. The zero-order valence-electron chi connectivity index (χ0n) is 16.9. The standard InChI is InChI=1S/C22H17FN4O4S/c1-3-10-29-16-8-9-17(20(28)25-22-24-12-19(23)32-22)18(11-16)31-15-6-4-14(5-7-15)21-27-26-13(2)30-21/h3-9,11-12H,1,10H2,2H3,(H,24,25,28). The van der Waals surface area contributed by atoms with E-state index in [0.29, 0.717) is 29.9 Å². The van der Waals surface area contributed by atoms with Gasteiger partial charge in [-0.15, -0.1) is 10.2 Å². The molecule has 0 saturated heterocycles. The van der Waals surface area contributed by atoms with Gasteiger partial charge in [0.05, 0.1) is 11.8 Å². The van der Waals surface area contributed by atoms with Crippen LogP contribution in [0.1, 0.15) is 16.2 Å². The van der Waals surface area contributed by atoms with Gasteiger partial charge in [0.2, 0.25) is 11.8 Å². The molecule has 0 unspecified atom stereocenters. The molecule has 2 heterocycles. The summed E-state index contributed by atoms with van der Waals surface area (Å²) < 4.78 is 30.2. The third-order valence-corrected chi connectivity index (χ3v) is 4.82. The van der Waals surface area contributed by atoms with Gasteiger partial charge in [0.15, 0.2) is 10.3 Å². The first-order chi connectivity index (χ1) is 15.5. The van der Waals surface area contributed by atoms with Crippen LogP contribution in [-0.4, -0.2) is 27.7 Å². The highest BCUT2D eigenvalue weighted by molar-refractivity contribution is 7.14. The average Bonchev–Trinajstić information content (AvgIpc) is 3.40. The van der Waals surface area contributed by atoms with Crippen molar-refractivity contribution in [3.05, 3.63) is 77.9 Å². The molecule has 162 valence electrons. The summed E-state index contributed by atoms with van der Waals surface area (Å²) in [5, 5.41) is 10.0. The summed E-state index contributed by atoms with van der Waals surface area (Å²) in [5.41, 5.74) is 0.952. The Balaban J connectivity index is 1.59. The van der Waals surface area contributed by atoms with Crippen molar-refractivity contribution in [3.8, 4) is 28.7 Å². The van der Waals surface area contributed by atoms with Crippen molar-refractivity contribution in [1.29, 1.82) is 0 Å². The Morgan fingerprint density at radius 2 is 2.00 bits per heavy atom. The van der Waals surface area contributed by atoms with Gasteiger partial charge in [-0.1, -0.05) is 24.0 Å². The van der Waals surface area contributed by atoms with Gasteiger partial charge < -0.3 is 13.9 Å². The molecule has 0 aliphatic carbocycles. The molecule has 0 spiro atoms. The van der Waals surface area contributed by atoms with Crippen molar-refractivity contribution in [3.63, 3.8) is 0 Å². The minimum absolute atomic E-state index is 0.143. The van der Waals surface area contributed by atoms with Crippen LogP contribution in [-0.2, 0) is 0 Å². The Morgan fingerprint density at radius 3 is 2.66 bits per heavy atom. The lowest BCUT2D eigenvalue weighted by molar-refractivity contribution is 0.102. The number of carbonyl (C=O) groups is 1. The van der Waals surface area contributed by atoms with Crippen LogP contribution in [0.2, 0.25) is 0 Å². The summed E-state index contributed by atoms with van der Waals surface area (Å²) in [6, 6.07) is 11.7. The number of halogens is 1. The van der Waals surface area contributed by atoms with Crippen LogP contribution < -0.4 is 14.8 Å². The molecule has 1 N–H and O–H groups in total. The van der Waals surface area contributed by atoms with Crippen molar-refractivity contribution in [2.75, 3.05) is 11.9 Å². The van der Waals surface area contributed by atoms with Crippen molar-refractivity contribution in [1.82, 2.24) is 15.2 Å². The molecule has 0 saturated carbocycles. The first-order valence-electron chi connectivity index (χ1n) is 9.40. The van der Waals surface area contributed by atoms with Crippen molar-refractivity contribution < 1.29 is 23.1 Å². The third-order valence-electron chi connectivity index (χ3n) is 4.12. The highest BCUT2D eigenvalue weighted by Crippen LogP contribution is 2.32. The smallest absolute Gasteiger partial charge is 0.261 e. The van der Waals surface area contributed by atoms with E-state index in [0.717, 1.165) is 23.1 Å². The van der Waals surface area contributed by atoms with Crippen molar-refractivity contribution in [2.24, 2.45) is 0 Å². The van der Waals surface area contributed by atoms with E-state index in [1.54, 1.807) is 55.5 Å². The summed E-state index contributed by atoms with van der Waals surface area (Å²) in [6.07, 6.45) is 2.65. The zero-order valence-corrected chi connectivity index (χ0v) is 17.7. The number of aryl methyl sites for hydroxylation is 1. The zero-order chi connectivity index (χ0) is 22.5. The van der Waals surface area contributed by atoms with Gasteiger partial charge in [0.25, 0.3) is 5.91 Å². The molecule has 10 heteroatoms. The Bertz CT molecular complexity index is 1250. The minimum Gasteiger partial charge on any atom is -0.489 e. The number of carbonyl (C=O) groups excluding carboxylic acids is 1. The Morgan fingerprint density at radius 1 is 1.22 bits per heavy atom. The number of nitrogens with one attached hydrogen (secondary N) is 1. The SMILES string of the molecule is C=CCOc1ccc(C(=O)Nc2ncc(F)s2)c(Oc2ccc(-c3nnc(C)o3)cc2)c1. The first-order valence-corrected chi connectivity index (χ1v) is 10.2. The molecule has 0 aliphatic rings. The lowest BCUT2D eigenvalue weighted by Gasteiger charge is -2.13. The Hall–Kier alpha value is -4.05. The molecule has 8 nitrogen and oxygen atoms in total. The molecule has 2 aromatic carbocycles. The van der Waals surface area contributed by atoms with Crippen LogP contribution in [0.15, 0.2) is 65.7 Å². The van der Waals surface area contributed by atoms with Gasteiger partial charge in [-0.05, 0) is 36.4 Å². The fraction of sp³-hybridized carbons (Fsp3) is 0.0909. The monoisotopic (exact) mass is 452 g/mol. The number of aromatic nitrogens is 3. The molecular weight excluding hydrogens is 435 g/mol. The van der Waals surface area contributed by atoms with Gasteiger partial charge >= 0.3 is 0 Å². The number of benzene rings is 2. The predicted molar refractivity (Wildman–Crippen MR) is 117 cm³/mol. The van der Waals surface area contributed by atoms with Crippen LogP contribution in [0, 0.1) is 12.1 Å². The molecule has 0 aliphatic heterocycles. The summed E-state index contributed by atoms with van der Waals surface area (Å²) in [6.45, 7) is 5.62. The second-order valence-corrected chi connectivity index (χ2v) is 7.41. The van der Waals surface area contributed by atoms with Gasteiger partial charge in [-0.2, -0.15) is 4.39 Å². The molecule has 32 heavy (non-hydrogen) atoms. The number of ether oxygens (including phenoxy) is 2. The van der Waals surface area contributed by atoms with Crippen LogP contribution in [0.25, 0.3) is 11.5 Å². The van der Waals surface area contributed by atoms with E-state index in [1.807, 2.05) is 0 Å². The van der Waals surface area contributed by atoms with E-state index in [-0.39, 0.29) is 16.4 Å². The maximum Gasteiger partial charge on any atom is 0.261 e. The van der Waals surface area contributed by atoms with E-state index < -0.39 is 11.0 Å². The normalized spacial score (nSPS) is 10.6. The number of anilines is 1. The quantitative estimate of drug-likeness (QED) is 0.365. The van der Waals surface area contributed by atoms with Gasteiger partial charge in [-0.3, -0.25) is 10.1 Å². The second-order valence-electron chi connectivity index (χ2n) is 6.43. The molecule has 2 aromatic heterocycles. The summed E-state index contributed by atoms with van der Waals surface area (Å²) >= 11 is 0.730. The number of thiazole rings is 1. The van der Waals surface area contributed by atoms with E-state index in [9.17, 15) is 9.18 Å². The Kier molecular flexibility index (Phi) is 6.22. The van der Waals surface area contributed by atoms with Gasteiger partial charge in [0.1, 0.15) is 23.9 Å². The maximum absolute atomic E-state index is 13.2. The topological polar surface area (TPSA) is 99.4 Å². The second kappa shape index (κ2) is 9.40. The molecule has 0 radical (unpaired) electrons. The van der Waals surface area contributed by atoms with E-state index in [1.165, 1.54) is 0 Å². The number of nitrogens with zero attached hydrogens (tertiary/aromatic N) is 3. The third kappa shape index (κ3) is 4.98. The van der Waals surface area contributed by atoms with Gasteiger partial charge in [0, 0.05) is 18.6 Å². The molecule has 4 rings (SSSR count). The number of rotatable bonds is 8. The lowest BCUT2D eigenvalue weighted by Crippen LogP contribution is -2.13.